The van der Waals surface area contributed by atoms with E-state index in [2.05, 4.69) is 0 Å². The fourth-order valence-corrected chi connectivity index (χ4v) is 1.96. The number of benzene rings is 1. The molecule has 0 spiro atoms. The molecule has 1 unspecified atom stereocenters. The molecule has 1 aliphatic heterocycles. The molecule has 0 fully saturated rings. The first-order valence-corrected chi connectivity index (χ1v) is 4.97. The molecule has 6 nitrogen and oxygen atoms in total. The lowest BCUT2D eigenvalue weighted by atomic mass is 9.94. The van der Waals surface area contributed by atoms with Crippen LogP contribution in [0.4, 0.5) is 24.5 Å². The van der Waals surface area contributed by atoms with Crippen molar-refractivity contribution in [1.82, 2.24) is 0 Å². The van der Waals surface area contributed by atoms with Crippen LogP contribution in [0.3, 0.4) is 0 Å². The Morgan fingerprint density at radius 3 is 2.47 bits per heavy atom. The Morgan fingerprint density at radius 2 is 2.00 bits per heavy atom. The van der Waals surface area contributed by atoms with Gasteiger partial charge in [-0.05, 0) is 6.07 Å². The number of carbonyl (C=O) groups excluding carboxylic acids is 1. The van der Waals surface area contributed by atoms with Gasteiger partial charge >= 0.3 is 6.18 Å². The van der Waals surface area contributed by atoms with E-state index in [9.17, 15) is 33.2 Å². The number of amides is 1. The third-order valence-electron chi connectivity index (χ3n) is 2.97. The summed E-state index contributed by atoms with van der Waals surface area (Å²) in [6.45, 7) is 0. The molecule has 0 saturated heterocycles. The molecule has 19 heavy (non-hydrogen) atoms. The van der Waals surface area contributed by atoms with Crippen molar-refractivity contribution in [3.63, 3.8) is 0 Å². The highest BCUT2D eigenvalue weighted by Crippen LogP contribution is 2.49. The molecule has 1 aromatic carbocycles. The average molecular weight is 276 g/mol. The number of nitro benzene ring substituents is 1. The lowest BCUT2D eigenvalue weighted by molar-refractivity contribution is -0.385. The number of alkyl halides is 3. The molecule has 0 aliphatic carbocycles. The van der Waals surface area contributed by atoms with E-state index in [1.165, 1.54) is 0 Å². The van der Waals surface area contributed by atoms with E-state index < -0.39 is 33.9 Å². The van der Waals surface area contributed by atoms with Crippen LogP contribution in [0, 0.1) is 10.1 Å². The third kappa shape index (κ3) is 1.58. The summed E-state index contributed by atoms with van der Waals surface area (Å²) in [7, 11) is 1.05. The zero-order valence-corrected chi connectivity index (χ0v) is 9.43. The number of nitro groups is 1. The number of non-ortho nitro benzene ring substituents is 1. The van der Waals surface area contributed by atoms with E-state index in [-0.39, 0.29) is 5.69 Å². The Balaban J connectivity index is 2.74. The topological polar surface area (TPSA) is 83.7 Å². The summed E-state index contributed by atoms with van der Waals surface area (Å²) in [6, 6.07) is 2.52. The van der Waals surface area contributed by atoms with Gasteiger partial charge in [-0.25, -0.2) is 0 Å². The van der Waals surface area contributed by atoms with E-state index in [0.717, 1.165) is 19.2 Å². The molecular weight excluding hydrogens is 269 g/mol. The van der Waals surface area contributed by atoms with Gasteiger partial charge in [0, 0.05) is 24.7 Å². The third-order valence-corrected chi connectivity index (χ3v) is 2.97. The SMILES string of the molecule is CN1C(=O)C(O)(C(F)(F)F)c2cc([N+](=O)[O-])ccc21. The van der Waals surface area contributed by atoms with Gasteiger partial charge < -0.3 is 10.0 Å². The number of hydrogen-bond donors (Lipinski definition) is 1. The zero-order chi connectivity index (χ0) is 14.6. The number of aliphatic hydroxyl groups is 1. The molecule has 9 heteroatoms. The number of halogens is 3. The van der Waals surface area contributed by atoms with Crippen molar-refractivity contribution in [2.75, 3.05) is 11.9 Å². The quantitative estimate of drug-likeness (QED) is 0.619. The van der Waals surface area contributed by atoms with Gasteiger partial charge in [0.2, 0.25) is 0 Å². The number of carbonyl (C=O) groups is 1. The Hall–Kier alpha value is -2.16. The van der Waals surface area contributed by atoms with Crippen molar-refractivity contribution in [3.8, 4) is 0 Å². The maximum Gasteiger partial charge on any atom is 0.430 e. The summed E-state index contributed by atoms with van der Waals surface area (Å²) in [5.74, 6) is -1.59. The van der Waals surface area contributed by atoms with Crippen LogP contribution in [-0.2, 0) is 10.4 Å². The van der Waals surface area contributed by atoms with Gasteiger partial charge in [0.25, 0.3) is 17.2 Å². The summed E-state index contributed by atoms with van der Waals surface area (Å²) in [5, 5.41) is 20.3. The smallest absolute Gasteiger partial charge is 0.368 e. The maximum atomic E-state index is 12.9. The summed E-state index contributed by atoms with van der Waals surface area (Å²) in [6.07, 6.45) is -5.27. The molecule has 102 valence electrons. The van der Waals surface area contributed by atoms with Crippen LogP contribution in [0.15, 0.2) is 18.2 Å². The number of hydrogen-bond acceptors (Lipinski definition) is 4. The van der Waals surface area contributed by atoms with E-state index in [1.54, 1.807) is 0 Å². The number of fused-ring (bicyclic) bond motifs is 1. The number of rotatable bonds is 1. The van der Waals surface area contributed by atoms with Crippen LogP contribution >= 0.6 is 0 Å². The van der Waals surface area contributed by atoms with Crippen molar-refractivity contribution in [2.45, 2.75) is 11.8 Å². The van der Waals surface area contributed by atoms with Crippen LogP contribution < -0.4 is 4.90 Å². The van der Waals surface area contributed by atoms with Gasteiger partial charge in [-0.2, -0.15) is 13.2 Å². The second-order valence-corrected chi connectivity index (χ2v) is 4.03. The minimum atomic E-state index is -5.27. The number of nitrogens with zero attached hydrogens (tertiary/aromatic N) is 2. The minimum Gasteiger partial charge on any atom is -0.368 e. The highest BCUT2D eigenvalue weighted by Gasteiger charge is 2.66. The van der Waals surface area contributed by atoms with Crippen molar-refractivity contribution in [1.29, 1.82) is 0 Å². The highest BCUT2D eigenvalue weighted by atomic mass is 19.4. The van der Waals surface area contributed by atoms with Crippen molar-refractivity contribution < 1.29 is 28.0 Å². The van der Waals surface area contributed by atoms with Gasteiger partial charge in [0.1, 0.15) is 0 Å². The lowest BCUT2D eigenvalue weighted by Crippen LogP contribution is -2.49. The summed E-state index contributed by atoms with van der Waals surface area (Å²) in [5.41, 5.74) is -5.43. The van der Waals surface area contributed by atoms with Crippen molar-refractivity contribution in [2.24, 2.45) is 0 Å². The molecule has 0 bridgehead atoms. The second kappa shape index (κ2) is 3.67. The molecular formula is C10H7F3N2O4. The molecule has 1 aliphatic rings. The normalized spacial score (nSPS) is 22.6. The molecule has 0 radical (unpaired) electrons. The largest absolute Gasteiger partial charge is 0.430 e. The first-order chi connectivity index (χ1) is 8.60. The highest BCUT2D eigenvalue weighted by molar-refractivity contribution is 6.07. The van der Waals surface area contributed by atoms with Crippen LogP contribution in [0.25, 0.3) is 0 Å². The molecule has 1 amide bonds. The number of likely N-dealkylation sites (N-methyl/N-ethyl adjacent to an activating group) is 1. The molecule has 1 atom stereocenters. The average Bonchev–Trinajstić information content (AvgIpc) is 2.51. The predicted molar refractivity (Wildman–Crippen MR) is 56.5 cm³/mol. The summed E-state index contributed by atoms with van der Waals surface area (Å²) in [4.78, 5) is 21.9. The Bertz CT molecular complexity index is 587. The Morgan fingerprint density at radius 1 is 1.42 bits per heavy atom. The monoisotopic (exact) mass is 276 g/mol. The first-order valence-electron chi connectivity index (χ1n) is 4.97. The van der Waals surface area contributed by atoms with Gasteiger partial charge in [0.15, 0.2) is 0 Å². The number of anilines is 1. The van der Waals surface area contributed by atoms with Crippen LogP contribution in [0.1, 0.15) is 5.56 Å². The summed E-state index contributed by atoms with van der Waals surface area (Å²) < 4.78 is 38.7. The van der Waals surface area contributed by atoms with Crippen molar-refractivity contribution >= 4 is 17.3 Å². The van der Waals surface area contributed by atoms with E-state index in [1.807, 2.05) is 0 Å². The molecule has 1 heterocycles. The maximum absolute atomic E-state index is 12.9. The van der Waals surface area contributed by atoms with Crippen molar-refractivity contribution in [3.05, 3.63) is 33.9 Å². The van der Waals surface area contributed by atoms with Crippen LogP contribution in [0.5, 0.6) is 0 Å². The van der Waals surface area contributed by atoms with Crippen LogP contribution in [0.2, 0.25) is 0 Å². The molecule has 1 N–H and O–H groups in total. The standard InChI is InChI=1S/C10H7F3N2O4/c1-14-7-3-2-5(15(18)19)4-6(7)9(17,8(14)16)10(11,12)13/h2-4,17H,1H3. The molecule has 0 saturated carbocycles. The summed E-state index contributed by atoms with van der Waals surface area (Å²) >= 11 is 0. The van der Waals surface area contributed by atoms with E-state index in [4.69, 9.17) is 0 Å². The van der Waals surface area contributed by atoms with E-state index >= 15 is 0 Å². The second-order valence-electron chi connectivity index (χ2n) is 4.03. The first kappa shape index (κ1) is 13.3. The Kier molecular flexibility index (Phi) is 2.56. The molecule has 1 aromatic rings. The Labute approximate surface area is 104 Å². The zero-order valence-electron chi connectivity index (χ0n) is 9.43. The lowest BCUT2D eigenvalue weighted by Gasteiger charge is -2.24. The minimum absolute atomic E-state index is 0.213. The fraction of sp³-hybridized carbons (Fsp3) is 0.300. The molecule has 0 aromatic heterocycles. The van der Waals surface area contributed by atoms with E-state index in [0.29, 0.717) is 11.0 Å². The van der Waals surface area contributed by atoms with Gasteiger partial charge in [-0.15, -0.1) is 0 Å². The predicted octanol–water partition coefficient (Wildman–Crippen LogP) is 1.32. The van der Waals surface area contributed by atoms with Gasteiger partial charge in [-0.1, -0.05) is 0 Å². The van der Waals surface area contributed by atoms with Gasteiger partial charge in [0.05, 0.1) is 10.6 Å². The fourth-order valence-electron chi connectivity index (χ4n) is 1.96. The van der Waals surface area contributed by atoms with Gasteiger partial charge in [-0.3, -0.25) is 14.9 Å². The van der Waals surface area contributed by atoms with Crippen LogP contribution in [-0.4, -0.2) is 29.2 Å². The molecule has 2 rings (SSSR count).